The van der Waals surface area contributed by atoms with Crippen LogP contribution >= 0.6 is 34.7 Å². The van der Waals surface area contributed by atoms with E-state index >= 15 is 0 Å². The van der Waals surface area contributed by atoms with Gasteiger partial charge in [-0.3, -0.25) is 4.79 Å². The van der Waals surface area contributed by atoms with Crippen molar-refractivity contribution in [3.8, 4) is 0 Å². The minimum Gasteiger partial charge on any atom is -0.393 e. The number of hydrogen-bond acceptors (Lipinski definition) is 4. The SMILES string of the molecule is CCC(O)CCNC(=O)CSCc1ccc(Cl)s1. The molecule has 0 aliphatic carbocycles. The second-order valence-corrected chi connectivity index (χ2v) is 6.68. The van der Waals surface area contributed by atoms with Gasteiger partial charge in [0.05, 0.1) is 16.2 Å². The molecular weight excluding hydrogens is 290 g/mol. The first-order valence-electron chi connectivity index (χ1n) is 5.88. The van der Waals surface area contributed by atoms with E-state index in [0.29, 0.717) is 18.7 Å². The average Bonchev–Trinajstić information content (AvgIpc) is 2.75. The largest absolute Gasteiger partial charge is 0.393 e. The molecule has 0 bridgehead atoms. The first-order chi connectivity index (χ1) is 8.61. The van der Waals surface area contributed by atoms with Crippen molar-refractivity contribution in [1.82, 2.24) is 5.32 Å². The molecular formula is C12H18ClNO2S2. The molecule has 1 rings (SSSR count). The second-order valence-electron chi connectivity index (χ2n) is 3.90. The molecule has 0 fully saturated rings. The highest BCUT2D eigenvalue weighted by molar-refractivity contribution is 7.99. The Balaban J connectivity index is 2.06. The van der Waals surface area contributed by atoms with Crippen LogP contribution in [-0.2, 0) is 10.5 Å². The zero-order chi connectivity index (χ0) is 13.4. The van der Waals surface area contributed by atoms with E-state index in [4.69, 9.17) is 11.6 Å². The summed E-state index contributed by atoms with van der Waals surface area (Å²) in [6.45, 7) is 2.47. The van der Waals surface area contributed by atoms with Gasteiger partial charge in [-0.25, -0.2) is 0 Å². The maximum absolute atomic E-state index is 11.5. The lowest BCUT2D eigenvalue weighted by Crippen LogP contribution is -2.28. The van der Waals surface area contributed by atoms with Gasteiger partial charge in [0.25, 0.3) is 0 Å². The molecule has 1 heterocycles. The quantitative estimate of drug-likeness (QED) is 0.776. The lowest BCUT2D eigenvalue weighted by molar-refractivity contribution is -0.118. The van der Waals surface area contributed by atoms with Crippen molar-refractivity contribution in [2.24, 2.45) is 0 Å². The van der Waals surface area contributed by atoms with E-state index in [1.807, 2.05) is 19.1 Å². The molecule has 0 aliphatic heterocycles. The summed E-state index contributed by atoms with van der Waals surface area (Å²) >= 11 is 8.93. The normalized spacial score (nSPS) is 12.4. The summed E-state index contributed by atoms with van der Waals surface area (Å²) in [5.74, 6) is 1.27. The van der Waals surface area contributed by atoms with E-state index in [2.05, 4.69) is 5.32 Å². The number of thioether (sulfide) groups is 1. The second kappa shape index (κ2) is 8.80. The van der Waals surface area contributed by atoms with E-state index in [1.54, 1.807) is 23.1 Å². The number of amides is 1. The van der Waals surface area contributed by atoms with Crippen LogP contribution < -0.4 is 5.32 Å². The summed E-state index contributed by atoms with van der Waals surface area (Å²) < 4.78 is 0.781. The molecule has 0 aliphatic rings. The first kappa shape index (κ1) is 15.8. The topological polar surface area (TPSA) is 49.3 Å². The molecule has 0 spiro atoms. The number of aliphatic hydroxyl groups is 1. The Morgan fingerprint density at radius 1 is 1.61 bits per heavy atom. The number of hydrogen-bond donors (Lipinski definition) is 2. The summed E-state index contributed by atoms with van der Waals surface area (Å²) in [6, 6.07) is 3.85. The standard InChI is InChI=1S/C12H18ClNO2S2/c1-2-9(15)5-6-14-12(16)8-17-7-10-3-4-11(13)18-10/h3-4,9,15H,2,5-8H2,1H3,(H,14,16). The summed E-state index contributed by atoms with van der Waals surface area (Å²) in [5, 5.41) is 12.1. The number of carbonyl (C=O) groups excluding carboxylic acids is 1. The minimum atomic E-state index is -0.314. The van der Waals surface area contributed by atoms with Crippen molar-refractivity contribution in [2.45, 2.75) is 31.6 Å². The van der Waals surface area contributed by atoms with Gasteiger partial charge in [0.2, 0.25) is 5.91 Å². The summed E-state index contributed by atoms with van der Waals surface area (Å²) in [6.07, 6.45) is 1.03. The summed E-state index contributed by atoms with van der Waals surface area (Å²) in [4.78, 5) is 12.7. The molecule has 0 aromatic carbocycles. The molecule has 1 aromatic heterocycles. The minimum absolute atomic E-state index is 0.0194. The molecule has 0 radical (unpaired) electrons. The average molecular weight is 308 g/mol. The van der Waals surface area contributed by atoms with Crippen LogP contribution in [0.3, 0.4) is 0 Å². The van der Waals surface area contributed by atoms with Gasteiger partial charge in [-0.15, -0.1) is 23.1 Å². The van der Waals surface area contributed by atoms with Crippen molar-refractivity contribution in [2.75, 3.05) is 12.3 Å². The van der Waals surface area contributed by atoms with E-state index in [1.165, 1.54) is 4.88 Å². The zero-order valence-corrected chi connectivity index (χ0v) is 12.7. The number of carbonyl (C=O) groups is 1. The first-order valence-corrected chi connectivity index (χ1v) is 8.23. The van der Waals surface area contributed by atoms with E-state index in [9.17, 15) is 9.90 Å². The van der Waals surface area contributed by atoms with Crippen molar-refractivity contribution < 1.29 is 9.90 Å². The van der Waals surface area contributed by atoms with Gasteiger partial charge in [-0.05, 0) is 25.0 Å². The molecule has 1 amide bonds. The summed E-state index contributed by atoms with van der Waals surface area (Å²) in [5.41, 5.74) is 0. The Bertz CT molecular complexity index is 371. The monoisotopic (exact) mass is 307 g/mol. The van der Waals surface area contributed by atoms with E-state index in [-0.39, 0.29) is 12.0 Å². The van der Waals surface area contributed by atoms with Crippen LogP contribution in [0.4, 0.5) is 0 Å². The molecule has 3 nitrogen and oxygen atoms in total. The van der Waals surface area contributed by atoms with Crippen LogP contribution in [0.15, 0.2) is 12.1 Å². The molecule has 18 heavy (non-hydrogen) atoms. The Labute approximate surface area is 121 Å². The number of nitrogens with one attached hydrogen (secondary N) is 1. The van der Waals surface area contributed by atoms with Crippen LogP contribution in [0.5, 0.6) is 0 Å². The van der Waals surface area contributed by atoms with Gasteiger partial charge in [-0.2, -0.15) is 0 Å². The molecule has 0 saturated carbocycles. The third-order valence-electron chi connectivity index (χ3n) is 2.38. The third kappa shape index (κ3) is 6.64. The molecule has 0 saturated heterocycles. The molecule has 102 valence electrons. The number of aliphatic hydroxyl groups excluding tert-OH is 1. The van der Waals surface area contributed by atoms with Crippen LogP contribution in [0.2, 0.25) is 4.34 Å². The fourth-order valence-corrected chi connectivity index (χ4v) is 3.36. The van der Waals surface area contributed by atoms with Crippen LogP contribution in [0.25, 0.3) is 0 Å². The molecule has 6 heteroatoms. The van der Waals surface area contributed by atoms with Crippen molar-refractivity contribution >= 4 is 40.6 Å². The van der Waals surface area contributed by atoms with Crippen molar-refractivity contribution in [3.05, 3.63) is 21.3 Å². The Hall–Kier alpha value is -0.230. The number of thiophene rings is 1. The smallest absolute Gasteiger partial charge is 0.230 e. The molecule has 1 aromatic rings. The maximum Gasteiger partial charge on any atom is 0.230 e. The zero-order valence-electron chi connectivity index (χ0n) is 10.3. The van der Waals surface area contributed by atoms with Crippen molar-refractivity contribution in [1.29, 1.82) is 0 Å². The van der Waals surface area contributed by atoms with Gasteiger partial charge in [0.1, 0.15) is 0 Å². The Morgan fingerprint density at radius 3 is 3.00 bits per heavy atom. The van der Waals surface area contributed by atoms with Gasteiger partial charge in [0, 0.05) is 17.2 Å². The van der Waals surface area contributed by atoms with E-state index in [0.717, 1.165) is 16.5 Å². The predicted molar refractivity (Wildman–Crippen MR) is 79.4 cm³/mol. The fourth-order valence-electron chi connectivity index (χ4n) is 1.31. The Kier molecular flexibility index (Phi) is 7.74. The summed E-state index contributed by atoms with van der Waals surface area (Å²) in [7, 11) is 0. The molecule has 1 unspecified atom stereocenters. The van der Waals surface area contributed by atoms with Gasteiger partial charge in [-0.1, -0.05) is 18.5 Å². The van der Waals surface area contributed by atoms with Gasteiger partial charge in [0.15, 0.2) is 0 Å². The van der Waals surface area contributed by atoms with E-state index < -0.39 is 0 Å². The molecule has 2 N–H and O–H groups in total. The van der Waals surface area contributed by atoms with Crippen LogP contribution in [0, 0.1) is 0 Å². The number of rotatable bonds is 8. The lowest BCUT2D eigenvalue weighted by Gasteiger charge is -2.08. The highest BCUT2D eigenvalue weighted by Gasteiger charge is 2.05. The molecule has 1 atom stereocenters. The van der Waals surface area contributed by atoms with Crippen LogP contribution in [0.1, 0.15) is 24.6 Å². The van der Waals surface area contributed by atoms with Gasteiger partial charge >= 0.3 is 0 Å². The van der Waals surface area contributed by atoms with Crippen LogP contribution in [-0.4, -0.2) is 29.4 Å². The maximum atomic E-state index is 11.5. The number of halogens is 1. The fraction of sp³-hybridized carbons (Fsp3) is 0.583. The highest BCUT2D eigenvalue weighted by atomic mass is 35.5. The Morgan fingerprint density at radius 2 is 2.39 bits per heavy atom. The van der Waals surface area contributed by atoms with Gasteiger partial charge < -0.3 is 10.4 Å². The van der Waals surface area contributed by atoms with Crippen molar-refractivity contribution in [3.63, 3.8) is 0 Å². The lowest BCUT2D eigenvalue weighted by atomic mass is 10.2. The predicted octanol–water partition coefficient (Wildman–Crippen LogP) is 2.91. The highest BCUT2D eigenvalue weighted by Crippen LogP contribution is 2.24. The third-order valence-corrected chi connectivity index (χ3v) is 4.77.